The summed E-state index contributed by atoms with van der Waals surface area (Å²) < 4.78 is 5.35. The molecule has 0 atom stereocenters. The van der Waals surface area contributed by atoms with E-state index in [0.29, 0.717) is 19.5 Å². The molecule has 0 unspecified atom stereocenters. The number of unbranched alkanes of at least 4 members (excludes halogenated alkanes) is 1. The number of hydrogen-bond acceptors (Lipinski definition) is 5. The number of anilines is 1. The van der Waals surface area contributed by atoms with E-state index < -0.39 is 0 Å². The molecule has 3 heterocycles. The Hall–Kier alpha value is -1.69. The minimum Gasteiger partial charge on any atom is -0.378 e. The third kappa shape index (κ3) is 3.15. The number of aromatic nitrogens is 2. The number of amides is 1. The minimum absolute atomic E-state index is 0.225. The van der Waals surface area contributed by atoms with Crippen molar-refractivity contribution >= 4 is 11.9 Å². The number of carbonyl (C=O) groups excluding carboxylic acids is 1. The Bertz CT molecular complexity index is 514. The summed E-state index contributed by atoms with van der Waals surface area (Å²) in [6.07, 6.45) is 4.51. The van der Waals surface area contributed by atoms with Gasteiger partial charge in [0.2, 0.25) is 11.9 Å². The van der Waals surface area contributed by atoms with Crippen molar-refractivity contribution in [2.24, 2.45) is 0 Å². The van der Waals surface area contributed by atoms with Crippen molar-refractivity contribution in [3.63, 3.8) is 0 Å². The predicted octanol–water partition coefficient (Wildman–Crippen LogP) is 1.35. The van der Waals surface area contributed by atoms with Gasteiger partial charge in [0, 0.05) is 37.8 Å². The van der Waals surface area contributed by atoms with Crippen LogP contribution in [0.1, 0.15) is 37.4 Å². The first-order valence-electron chi connectivity index (χ1n) is 7.73. The van der Waals surface area contributed by atoms with Gasteiger partial charge in [0.1, 0.15) is 0 Å². The van der Waals surface area contributed by atoms with Crippen LogP contribution in [-0.2, 0) is 22.6 Å². The van der Waals surface area contributed by atoms with Gasteiger partial charge in [-0.25, -0.2) is 9.97 Å². The van der Waals surface area contributed by atoms with Gasteiger partial charge < -0.3 is 14.5 Å². The molecule has 0 saturated carbocycles. The zero-order valence-electron chi connectivity index (χ0n) is 12.5. The molecule has 1 aromatic rings. The van der Waals surface area contributed by atoms with Crippen molar-refractivity contribution in [3.05, 3.63) is 17.5 Å². The average Bonchev–Trinajstić information content (AvgIpc) is 2.96. The second kappa shape index (κ2) is 6.39. The Morgan fingerprint density at radius 1 is 1.33 bits per heavy atom. The maximum atomic E-state index is 12.1. The summed E-state index contributed by atoms with van der Waals surface area (Å²) in [5.41, 5.74) is 2.08. The summed E-state index contributed by atoms with van der Waals surface area (Å²) in [6.45, 7) is 6.49. The highest BCUT2D eigenvalue weighted by Crippen LogP contribution is 2.23. The lowest BCUT2D eigenvalue weighted by atomic mass is 10.2. The molecule has 6 nitrogen and oxygen atoms in total. The fourth-order valence-corrected chi connectivity index (χ4v) is 2.72. The fourth-order valence-electron chi connectivity index (χ4n) is 2.72. The molecule has 2 aliphatic heterocycles. The molecule has 1 saturated heterocycles. The highest BCUT2D eigenvalue weighted by Gasteiger charge is 2.26. The summed E-state index contributed by atoms with van der Waals surface area (Å²) in [5.74, 6) is 0.989. The topological polar surface area (TPSA) is 58.6 Å². The monoisotopic (exact) mass is 290 g/mol. The zero-order chi connectivity index (χ0) is 14.7. The Balaban J connectivity index is 1.67. The number of rotatable bonds is 4. The molecule has 0 bridgehead atoms. The second-order valence-electron chi connectivity index (χ2n) is 5.59. The number of carbonyl (C=O) groups is 1. The molecule has 0 N–H and O–H groups in total. The van der Waals surface area contributed by atoms with Gasteiger partial charge in [-0.2, -0.15) is 0 Å². The number of ether oxygens (including phenoxy) is 1. The lowest BCUT2D eigenvalue weighted by molar-refractivity contribution is -0.131. The number of hydrogen-bond donors (Lipinski definition) is 0. The molecule has 1 amide bonds. The van der Waals surface area contributed by atoms with E-state index in [0.717, 1.165) is 56.4 Å². The number of morpholine rings is 1. The number of nitrogens with zero attached hydrogens (tertiary/aromatic N) is 4. The summed E-state index contributed by atoms with van der Waals surface area (Å²) >= 11 is 0. The average molecular weight is 290 g/mol. The van der Waals surface area contributed by atoms with Gasteiger partial charge in [-0.15, -0.1) is 0 Å². The quantitative estimate of drug-likeness (QED) is 0.837. The Labute approximate surface area is 125 Å². The minimum atomic E-state index is 0.225. The maximum absolute atomic E-state index is 12.1. The second-order valence-corrected chi connectivity index (χ2v) is 5.59. The maximum Gasteiger partial charge on any atom is 0.225 e. The third-order valence-electron chi connectivity index (χ3n) is 4.03. The van der Waals surface area contributed by atoms with Gasteiger partial charge in [-0.05, 0) is 6.42 Å². The van der Waals surface area contributed by atoms with Crippen molar-refractivity contribution in [1.29, 1.82) is 0 Å². The van der Waals surface area contributed by atoms with Crippen molar-refractivity contribution in [2.45, 2.75) is 39.3 Å². The molecule has 1 fully saturated rings. The van der Waals surface area contributed by atoms with Crippen LogP contribution >= 0.6 is 0 Å². The van der Waals surface area contributed by atoms with Crippen LogP contribution in [0.15, 0.2) is 6.20 Å². The standard InChI is InChI=1S/C15H22N4O2/c1-2-3-4-14(20)19-10-12-9-16-15(17-13(12)11-19)18-5-7-21-8-6-18/h9H,2-8,10-11H2,1H3. The summed E-state index contributed by atoms with van der Waals surface area (Å²) in [7, 11) is 0. The van der Waals surface area contributed by atoms with Gasteiger partial charge in [-0.3, -0.25) is 4.79 Å². The zero-order valence-corrected chi connectivity index (χ0v) is 12.5. The van der Waals surface area contributed by atoms with E-state index >= 15 is 0 Å². The van der Waals surface area contributed by atoms with Crippen LogP contribution in [0.4, 0.5) is 5.95 Å². The van der Waals surface area contributed by atoms with E-state index in [1.807, 2.05) is 11.1 Å². The molecule has 1 aromatic heterocycles. The summed E-state index contributed by atoms with van der Waals surface area (Å²) in [5, 5.41) is 0. The van der Waals surface area contributed by atoms with E-state index in [-0.39, 0.29) is 5.91 Å². The normalized spacial score (nSPS) is 18.0. The van der Waals surface area contributed by atoms with Crippen LogP contribution in [0.25, 0.3) is 0 Å². The van der Waals surface area contributed by atoms with Crippen LogP contribution in [0.2, 0.25) is 0 Å². The van der Waals surface area contributed by atoms with Gasteiger partial charge in [0.25, 0.3) is 0 Å². The van der Waals surface area contributed by atoms with E-state index in [4.69, 9.17) is 4.74 Å². The molecule has 0 radical (unpaired) electrons. The fraction of sp³-hybridized carbons (Fsp3) is 0.667. The van der Waals surface area contributed by atoms with Crippen LogP contribution in [0.3, 0.4) is 0 Å². The van der Waals surface area contributed by atoms with E-state index in [2.05, 4.69) is 21.8 Å². The highest BCUT2D eigenvalue weighted by atomic mass is 16.5. The molecular formula is C15H22N4O2. The first-order valence-corrected chi connectivity index (χ1v) is 7.73. The molecule has 0 spiro atoms. The smallest absolute Gasteiger partial charge is 0.225 e. The molecule has 114 valence electrons. The first-order chi connectivity index (χ1) is 10.3. The third-order valence-corrected chi connectivity index (χ3v) is 4.03. The molecular weight excluding hydrogens is 268 g/mol. The molecule has 2 aliphatic rings. The van der Waals surface area contributed by atoms with Crippen molar-refractivity contribution < 1.29 is 9.53 Å². The van der Waals surface area contributed by atoms with Crippen LogP contribution in [0.5, 0.6) is 0 Å². The van der Waals surface area contributed by atoms with Crippen LogP contribution < -0.4 is 4.90 Å². The lowest BCUT2D eigenvalue weighted by Crippen LogP contribution is -2.37. The van der Waals surface area contributed by atoms with Crippen molar-refractivity contribution in [2.75, 3.05) is 31.2 Å². The van der Waals surface area contributed by atoms with Gasteiger partial charge in [0.05, 0.1) is 25.5 Å². The summed E-state index contributed by atoms with van der Waals surface area (Å²) in [4.78, 5) is 25.2. The van der Waals surface area contributed by atoms with Crippen molar-refractivity contribution in [1.82, 2.24) is 14.9 Å². The Morgan fingerprint density at radius 2 is 2.14 bits per heavy atom. The first kappa shape index (κ1) is 14.3. The molecule has 21 heavy (non-hydrogen) atoms. The molecule has 3 rings (SSSR count). The van der Waals surface area contributed by atoms with E-state index in [9.17, 15) is 4.79 Å². The lowest BCUT2D eigenvalue weighted by Gasteiger charge is -2.26. The van der Waals surface area contributed by atoms with Gasteiger partial charge in [0.15, 0.2) is 0 Å². The van der Waals surface area contributed by atoms with Crippen molar-refractivity contribution in [3.8, 4) is 0 Å². The van der Waals surface area contributed by atoms with Crippen LogP contribution in [-0.4, -0.2) is 47.1 Å². The molecule has 0 aliphatic carbocycles. The predicted molar refractivity (Wildman–Crippen MR) is 78.8 cm³/mol. The summed E-state index contributed by atoms with van der Waals surface area (Å²) in [6, 6.07) is 0. The largest absolute Gasteiger partial charge is 0.378 e. The van der Waals surface area contributed by atoms with Crippen LogP contribution in [0, 0.1) is 0 Å². The molecule has 6 heteroatoms. The van der Waals surface area contributed by atoms with E-state index in [1.165, 1.54) is 0 Å². The SMILES string of the molecule is CCCCC(=O)N1Cc2cnc(N3CCOCC3)nc2C1. The Morgan fingerprint density at radius 3 is 2.90 bits per heavy atom. The Kier molecular flexibility index (Phi) is 4.34. The van der Waals surface area contributed by atoms with E-state index in [1.54, 1.807) is 0 Å². The highest BCUT2D eigenvalue weighted by molar-refractivity contribution is 5.76. The van der Waals surface area contributed by atoms with Gasteiger partial charge in [-0.1, -0.05) is 13.3 Å². The molecule has 0 aromatic carbocycles. The number of fused-ring (bicyclic) bond motifs is 1. The van der Waals surface area contributed by atoms with Gasteiger partial charge >= 0.3 is 0 Å².